The standard InChI is InChI=1S/C12H8FN3S/c13-12-6-9(3-4-14-12)16-8-1-2-10-11(5-8)17-7-15-10/h1-7H,(H,14,16). The predicted octanol–water partition coefficient (Wildman–Crippen LogP) is 3.57. The molecule has 0 unspecified atom stereocenters. The highest BCUT2D eigenvalue weighted by Crippen LogP contribution is 2.24. The van der Waals surface area contributed by atoms with E-state index in [0.717, 1.165) is 15.9 Å². The summed E-state index contributed by atoms with van der Waals surface area (Å²) in [6, 6.07) is 8.92. The van der Waals surface area contributed by atoms with E-state index in [1.165, 1.54) is 12.3 Å². The third-order valence-electron chi connectivity index (χ3n) is 2.35. The van der Waals surface area contributed by atoms with Crippen molar-refractivity contribution >= 4 is 32.9 Å². The molecule has 0 saturated carbocycles. The van der Waals surface area contributed by atoms with E-state index in [0.29, 0.717) is 5.69 Å². The van der Waals surface area contributed by atoms with Gasteiger partial charge in [-0.1, -0.05) is 0 Å². The fraction of sp³-hybridized carbons (Fsp3) is 0. The molecular formula is C12H8FN3S. The van der Waals surface area contributed by atoms with Gasteiger partial charge in [0.1, 0.15) is 0 Å². The lowest BCUT2D eigenvalue weighted by atomic mass is 10.3. The summed E-state index contributed by atoms with van der Waals surface area (Å²) in [6.07, 6.45) is 1.43. The maximum absolute atomic E-state index is 12.9. The number of anilines is 2. The second-order valence-electron chi connectivity index (χ2n) is 3.53. The number of nitrogens with zero attached hydrogens (tertiary/aromatic N) is 2. The van der Waals surface area contributed by atoms with Gasteiger partial charge in [-0.05, 0) is 24.3 Å². The maximum Gasteiger partial charge on any atom is 0.214 e. The number of rotatable bonds is 2. The van der Waals surface area contributed by atoms with Crippen LogP contribution in [0.4, 0.5) is 15.8 Å². The van der Waals surface area contributed by atoms with Gasteiger partial charge in [0.15, 0.2) is 0 Å². The number of aromatic nitrogens is 2. The summed E-state index contributed by atoms with van der Waals surface area (Å²) in [4.78, 5) is 7.71. The number of thiazole rings is 1. The number of fused-ring (bicyclic) bond motifs is 1. The molecule has 3 nitrogen and oxygen atoms in total. The molecule has 3 aromatic rings. The Labute approximate surface area is 101 Å². The van der Waals surface area contributed by atoms with Gasteiger partial charge in [0, 0.05) is 23.6 Å². The van der Waals surface area contributed by atoms with Crippen molar-refractivity contribution in [2.75, 3.05) is 5.32 Å². The van der Waals surface area contributed by atoms with Crippen LogP contribution in [0.1, 0.15) is 0 Å². The Bertz CT molecular complexity index is 665. The number of pyridine rings is 1. The predicted molar refractivity (Wildman–Crippen MR) is 67.1 cm³/mol. The smallest absolute Gasteiger partial charge is 0.214 e. The van der Waals surface area contributed by atoms with Gasteiger partial charge in [0.05, 0.1) is 15.7 Å². The zero-order valence-corrected chi connectivity index (χ0v) is 9.54. The van der Waals surface area contributed by atoms with Crippen LogP contribution >= 0.6 is 11.3 Å². The number of hydrogen-bond donors (Lipinski definition) is 1. The van der Waals surface area contributed by atoms with Crippen molar-refractivity contribution in [3.63, 3.8) is 0 Å². The first kappa shape index (κ1) is 10.2. The molecule has 1 aromatic carbocycles. The topological polar surface area (TPSA) is 37.8 Å². The lowest BCUT2D eigenvalue weighted by molar-refractivity contribution is 0.584. The molecule has 0 radical (unpaired) electrons. The summed E-state index contributed by atoms with van der Waals surface area (Å²) in [5.41, 5.74) is 4.37. The molecule has 1 N–H and O–H groups in total. The van der Waals surface area contributed by atoms with Crippen molar-refractivity contribution in [3.05, 3.63) is 48.0 Å². The molecule has 0 bridgehead atoms. The summed E-state index contributed by atoms with van der Waals surface area (Å²) in [6.45, 7) is 0. The Morgan fingerprint density at radius 2 is 1.94 bits per heavy atom. The Morgan fingerprint density at radius 3 is 2.82 bits per heavy atom. The molecule has 0 spiro atoms. The molecule has 84 valence electrons. The molecule has 0 saturated heterocycles. The van der Waals surface area contributed by atoms with Crippen molar-refractivity contribution < 1.29 is 4.39 Å². The second kappa shape index (κ2) is 4.10. The second-order valence-corrected chi connectivity index (χ2v) is 4.41. The molecule has 2 aromatic heterocycles. The van der Waals surface area contributed by atoms with Gasteiger partial charge in [-0.15, -0.1) is 11.3 Å². The van der Waals surface area contributed by atoms with Crippen LogP contribution in [0, 0.1) is 5.95 Å². The van der Waals surface area contributed by atoms with Gasteiger partial charge in [-0.2, -0.15) is 4.39 Å². The number of halogens is 1. The summed E-state index contributed by atoms with van der Waals surface area (Å²) in [7, 11) is 0. The molecular weight excluding hydrogens is 237 g/mol. The van der Waals surface area contributed by atoms with Crippen LogP contribution in [0.15, 0.2) is 42.0 Å². The van der Waals surface area contributed by atoms with Gasteiger partial charge in [-0.3, -0.25) is 0 Å². The summed E-state index contributed by atoms with van der Waals surface area (Å²) in [5.74, 6) is -0.492. The van der Waals surface area contributed by atoms with Crippen LogP contribution < -0.4 is 5.32 Å². The average molecular weight is 245 g/mol. The highest BCUT2D eigenvalue weighted by molar-refractivity contribution is 7.16. The fourth-order valence-corrected chi connectivity index (χ4v) is 2.30. The minimum atomic E-state index is -0.492. The summed E-state index contributed by atoms with van der Waals surface area (Å²) in [5, 5.41) is 3.13. The quantitative estimate of drug-likeness (QED) is 0.701. The van der Waals surface area contributed by atoms with Crippen molar-refractivity contribution in [1.82, 2.24) is 9.97 Å². The number of benzene rings is 1. The molecule has 3 rings (SSSR count). The van der Waals surface area contributed by atoms with E-state index >= 15 is 0 Å². The number of hydrogen-bond acceptors (Lipinski definition) is 4. The van der Waals surface area contributed by atoms with E-state index in [1.54, 1.807) is 22.9 Å². The van der Waals surface area contributed by atoms with E-state index in [4.69, 9.17) is 0 Å². The summed E-state index contributed by atoms with van der Waals surface area (Å²) < 4.78 is 14.0. The highest BCUT2D eigenvalue weighted by Gasteiger charge is 2.00. The zero-order chi connectivity index (χ0) is 11.7. The van der Waals surface area contributed by atoms with Crippen LogP contribution in [0.3, 0.4) is 0 Å². The van der Waals surface area contributed by atoms with Gasteiger partial charge < -0.3 is 5.32 Å². The molecule has 17 heavy (non-hydrogen) atoms. The normalized spacial score (nSPS) is 10.6. The van der Waals surface area contributed by atoms with E-state index in [9.17, 15) is 4.39 Å². The van der Waals surface area contributed by atoms with Gasteiger partial charge in [0.2, 0.25) is 5.95 Å². The highest BCUT2D eigenvalue weighted by atomic mass is 32.1. The average Bonchev–Trinajstić information content (AvgIpc) is 2.76. The molecule has 0 aliphatic carbocycles. The van der Waals surface area contributed by atoms with Crippen LogP contribution in [-0.4, -0.2) is 9.97 Å². The van der Waals surface area contributed by atoms with Gasteiger partial charge in [-0.25, -0.2) is 9.97 Å². The lowest BCUT2D eigenvalue weighted by Gasteiger charge is -2.05. The SMILES string of the molecule is Fc1cc(Nc2ccc3ncsc3c2)ccn1. The van der Waals surface area contributed by atoms with E-state index < -0.39 is 5.95 Å². The minimum Gasteiger partial charge on any atom is -0.355 e. The Kier molecular flexibility index (Phi) is 2.45. The van der Waals surface area contributed by atoms with Crippen molar-refractivity contribution in [3.8, 4) is 0 Å². The first-order valence-electron chi connectivity index (χ1n) is 5.03. The maximum atomic E-state index is 12.9. The van der Waals surface area contributed by atoms with Gasteiger partial charge in [0.25, 0.3) is 0 Å². The zero-order valence-electron chi connectivity index (χ0n) is 8.72. The molecule has 0 aliphatic heterocycles. The Balaban J connectivity index is 1.94. The van der Waals surface area contributed by atoms with E-state index in [1.807, 2.05) is 18.2 Å². The Hall–Kier alpha value is -2.01. The largest absolute Gasteiger partial charge is 0.355 e. The molecule has 0 amide bonds. The third kappa shape index (κ3) is 2.09. The van der Waals surface area contributed by atoms with Crippen molar-refractivity contribution in [1.29, 1.82) is 0 Å². The fourth-order valence-electron chi connectivity index (χ4n) is 1.58. The van der Waals surface area contributed by atoms with Crippen molar-refractivity contribution in [2.24, 2.45) is 0 Å². The monoisotopic (exact) mass is 245 g/mol. The molecule has 0 fully saturated rings. The van der Waals surface area contributed by atoms with Crippen LogP contribution in [0.2, 0.25) is 0 Å². The third-order valence-corrected chi connectivity index (χ3v) is 3.14. The van der Waals surface area contributed by atoms with Crippen LogP contribution in [0.25, 0.3) is 10.2 Å². The lowest BCUT2D eigenvalue weighted by Crippen LogP contribution is -1.91. The first-order valence-corrected chi connectivity index (χ1v) is 5.91. The van der Waals surface area contributed by atoms with E-state index in [2.05, 4.69) is 15.3 Å². The Morgan fingerprint density at radius 1 is 1.06 bits per heavy atom. The van der Waals surface area contributed by atoms with E-state index in [-0.39, 0.29) is 0 Å². The minimum absolute atomic E-state index is 0.492. The van der Waals surface area contributed by atoms with Crippen LogP contribution in [0.5, 0.6) is 0 Å². The molecule has 0 aliphatic rings. The molecule has 0 atom stereocenters. The van der Waals surface area contributed by atoms with Crippen LogP contribution in [-0.2, 0) is 0 Å². The van der Waals surface area contributed by atoms with Gasteiger partial charge >= 0.3 is 0 Å². The summed E-state index contributed by atoms with van der Waals surface area (Å²) >= 11 is 1.58. The number of nitrogens with one attached hydrogen (secondary N) is 1. The van der Waals surface area contributed by atoms with Crippen molar-refractivity contribution in [2.45, 2.75) is 0 Å². The molecule has 5 heteroatoms. The first-order chi connectivity index (χ1) is 8.31. The molecule has 2 heterocycles.